The van der Waals surface area contributed by atoms with Gasteiger partial charge in [-0.15, -0.1) is 0 Å². The Bertz CT molecular complexity index is 414. The maximum atomic E-state index is 6.29. The standard InChI is InChI=1S/C17H27NO/c1-5-8-15-16(18-11-6-2)14-10-7-9-13(12(3)4)17(14)19-15/h7,9-10,12,15-16,18H,5-6,8,11H2,1-4H3. The predicted octanol–water partition coefficient (Wildman–Crippen LogP) is 4.41. The lowest BCUT2D eigenvalue weighted by Gasteiger charge is -2.19. The minimum Gasteiger partial charge on any atom is -0.488 e. The molecule has 2 nitrogen and oxygen atoms in total. The second kappa shape index (κ2) is 6.42. The number of nitrogens with one attached hydrogen (secondary N) is 1. The average Bonchev–Trinajstić information content (AvgIpc) is 2.74. The van der Waals surface area contributed by atoms with Crippen molar-refractivity contribution in [3.8, 4) is 5.75 Å². The quantitative estimate of drug-likeness (QED) is 0.819. The van der Waals surface area contributed by atoms with Gasteiger partial charge in [0, 0.05) is 5.56 Å². The van der Waals surface area contributed by atoms with Gasteiger partial charge in [-0.2, -0.15) is 0 Å². The number of hydrogen-bond acceptors (Lipinski definition) is 2. The van der Waals surface area contributed by atoms with Gasteiger partial charge in [-0.3, -0.25) is 0 Å². The first-order chi connectivity index (χ1) is 9.19. The van der Waals surface area contributed by atoms with Gasteiger partial charge in [0.1, 0.15) is 11.9 Å². The molecule has 2 unspecified atom stereocenters. The van der Waals surface area contributed by atoms with Crippen molar-refractivity contribution in [2.24, 2.45) is 0 Å². The Balaban J connectivity index is 2.30. The van der Waals surface area contributed by atoms with E-state index in [4.69, 9.17) is 4.74 Å². The molecule has 0 bridgehead atoms. The molecule has 0 amide bonds. The first-order valence-electron chi connectivity index (χ1n) is 7.71. The molecule has 2 heteroatoms. The summed E-state index contributed by atoms with van der Waals surface area (Å²) in [6.07, 6.45) is 3.74. The maximum absolute atomic E-state index is 6.29. The molecule has 0 fully saturated rings. The van der Waals surface area contributed by atoms with Gasteiger partial charge in [-0.25, -0.2) is 0 Å². The molecule has 106 valence electrons. The summed E-state index contributed by atoms with van der Waals surface area (Å²) >= 11 is 0. The number of rotatable bonds is 6. The molecular formula is C17H27NO. The minimum atomic E-state index is 0.298. The third-order valence-corrected chi connectivity index (χ3v) is 3.86. The second-order valence-corrected chi connectivity index (χ2v) is 5.80. The number of fused-ring (bicyclic) bond motifs is 1. The van der Waals surface area contributed by atoms with Gasteiger partial charge in [-0.05, 0) is 30.9 Å². The molecule has 1 N–H and O–H groups in total. The predicted molar refractivity (Wildman–Crippen MR) is 80.9 cm³/mol. The van der Waals surface area contributed by atoms with Crippen LogP contribution in [0.1, 0.15) is 70.0 Å². The van der Waals surface area contributed by atoms with Crippen LogP contribution in [0.2, 0.25) is 0 Å². The van der Waals surface area contributed by atoms with Crippen molar-refractivity contribution in [3.63, 3.8) is 0 Å². The van der Waals surface area contributed by atoms with E-state index in [1.165, 1.54) is 17.5 Å². The summed E-state index contributed by atoms with van der Waals surface area (Å²) in [7, 11) is 0. The van der Waals surface area contributed by atoms with Crippen LogP contribution in [0.4, 0.5) is 0 Å². The zero-order valence-corrected chi connectivity index (χ0v) is 12.7. The molecule has 1 heterocycles. The summed E-state index contributed by atoms with van der Waals surface area (Å²) in [5.41, 5.74) is 2.71. The molecule has 2 rings (SSSR count). The fraction of sp³-hybridized carbons (Fsp3) is 0.647. The lowest BCUT2D eigenvalue weighted by Crippen LogP contribution is -2.31. The van der Waals surface area contributed by atoms with Crippen molar-refractivity contribution >= 4 is 0 Å². The summed E-state index contributed by atoms with van der Waals surface area (Å²) in [5.74, 6) is 1.66. The van der Waals surface area contributed by atoms with Gasteiger partial charge >= 0.3 is 0 Å². The number of hydrogen-bond donors (Lipinski definition) is 1. The highest BCUT2D eigenvalue weighted by molar-refractivity contribution is 5.48. The van der Waals surface area contributed by atoms with Crippen LogP contribution < -0.4 is 10.1 Å². The van der Waals surface area contributed by atoms with Gasteiger partial charge in [0.05, 0.1) is 6.04 Å². The number of benzene rings is 1. The van der Waals surface area contributed by atoms with E-state index in [-0.39, 0.29) is 0 Å². The summed E-state index contributed by atoms with van der Waals surface area (Å²) in [6, 6.07) is 6.97. The van der Waals surface area contributed by atoms with Crippen molar-refractivity contribution in [3.05, 3.63) is 29.3 Å². The van der Waals surface area contributed by atoms with Crippen LogP contribution in [0.3, 0.4) is 0 Å². The third-order valence-electron chi connectivity index (χ3n) is 3.86. The van der Waals surface area contributed by atoms with Crippen molar-refractivity contribution in [1.82, 2.24) is 5.32 Å². The van der Waals surface area contributed by atoms with E-state index in [2.05, 4.69) is 51.2 Å². The largest absolute Gasteiger partial charge is 0.488 e. The molecule has 1 aromatic carbocycles. The van der Waals surface area contributed by atoms with Crippen LogP contribution in [0, 0.1) is 0 Å². The highest BCUT2D eigenvalue weighted by Gasteiger charge is 2.34. The Morgan fingerprint density at radius 2 is 2.00 bits per heavy atom. The molecule has 2 atom stereocenters. The van der Waals surface area contributed by atoms with Gasteiger partial charge in [0.25, 0.3) is 0 Å². The third kappa shape index (κ3) is 2.94. The van der Waals surface area contributed by atoms with Crippen LogP contribution in [0.5, 0.6) is 5.75 Å². The Morgan fingerprint density at radius 1 is 1.21 bits per heavy atom. The number of para-hydroxylation sites is 1. The Kier molecular flexibility index (Phi) is 4.87. The monoisotopic (exact) mass is 261 g/mol. The van der Waals surface area contributed by atoms with E-state index >= 15 is 0 Å². The van der Waals surface area contributed by atoms with E-state index < -0.39 is 0 Å². The zero-order chi connectivity index (χ0) is 13.8. The maximum Gasteiger partial charge on any atom is 0.128 e. The summed E-state index contributed by atoms with van der Waals surface area (Å²) in [5, 5.41) is 3.66. The SMILES string of the molecule is CCCNC1c2cccc(C(C)C)c2OC1CCC. The van der Waals surface area contributed by atoms with Crippen molar-refractivity contribution < 1.29 is 4.74 Å². The van der Waals surface area contributed by atoms with Crippen molar-refractivity contribution in [2.45, 2.75) is 65.0 Å². The van der Waals surface area contributed by atoms with Gasteiger partial charge in [0.2, 0.25) is 0 Å². The topological polar surface area (TPSA) is 21.3 Å². The van der Waals surface area contributed by atoms with Crippen molar-refractivity contribution in [2.75, 3.05) is 6.54 Å². The van der Waals surface area contributed by atoms with E-state index in [1.807, 2.05) is 0 Å². The Labute approximate surface area is 117 Å². The molecule has 1 aromatic rings. The highest BCUT2D eigenvalue weighted by atomic mass is 16.5. The zero-order valence-electron chi connectivity index (χ0n) is 12.7. The average molecular weight is 261 g/mol. The molecule has 19 heavy (non-hydrogen) atoms. The lowest BCUT2D eigenvalue weighted by atomic mass is 9.95. The molecule has 1 aliphatic heterocycles. The molecule has 0 aliphatic carbocycles. The molecule has 0 aromatic heterocycles. The van der Waals surface area contributed by atoms with Crippen LogP contribution >= 0.6 is 0 Å². The van der Waals surface area contributed by atoms with Crippen LogP contribution in [0.25, 0.3) is 0 Å². The summed E-state index contributed by atoms with van der Waals surface area (Å²) < 4.78 is 6.29. The summed E-state index contributed by atoms with van der Waals surface area (Å²) in [4.78, 5) is 0. The van der Waals surface area contributed by atoms with E-state index in [9.17, 15) is 0 Å². The molecule has 0 radical (unpaired) electrons. The molecular weight excluding hydrogens is 234 g/mol. The first kappa shape index (κ1) is 14.4. The van der Waals surface area contributed by atoms with E-state index in [1.54, 1.807) is 0 Å². The van der Waals surface area contributed by atoms with Gasteiger partial charge < -0.3 is 10.1 Å². The highest BCUT2D eigenvalue weighted by Crippen LogP contribution is 2.42. The smallest absolute Gasteiger partial charge is 0.128 e. The van der Waals surface area contributed by atoms with Gasteiger partial charge in [0.15, 0.2) is 0 Å². The fourth-order valence-corrected chi connectivity index (χ4v) is 2.88. The summed E-state index contributed by atoms with van der Waals surface area (Å²) in [6.45, 7) is 9.97. The minimum absolute atomic E-state index is 0.298. The van der Waals surface area contributed by atoms with Crippen molar-refractivity contribution in [1.29, 1.82) is 0 Å². The van der Waals surface area contributed by atoms with E-state index in [0.29, 0.717) is 18.1 Å². The van der Waals surface area contributed by atoms with E-state index in [0.717, 1.165) is 25.1 Å². The first-order valence-corrected chi connectivity index (χ1v) is 7.71. The van der Waals surface area contributed by atoms with Crippen LogP contribution in [-0.2, 0) is 0 Å². The number of ether oxygens (including phenoxy) is 1. The van der Waals surface area contributed by atoms with Crippen LogP contribution in [-0.4, -0.2) is 12.6 Å². The fourth-order valence-electron chi connectivity index (χ4n) is 2.88. The molecule has 1 aliphatic rings. The van der Waals surface area contributed by atoms with Crippen LogP contribution in [0.15, 0.2) is 18.2 Å². The molecule has 0 saturated carbocycles. The Morgan fingerprint density at radius 3 is 2.63 bits per heavy atom. The lowest BCUT2D eigenvalue weighted by molar-refractivity contribution is 0.176. The normalized spacial score (nSPS) is 21.5. The Hall–Kier alpha value is -1.02. The molecule has 0 saturated heterocycles. The molecule has 0 spiro atoms. The van der Waals surface area contributed by atoms with Gasteiger partial charge in [-0.1, -0.05) is 52.3 Å². The second-order valence-electron chi connectivity index (χ2n) is 5.80.